The predicted octanol–water partition coefficient (Wildman–Crippen LogP) is 23.6. The molecule has 0 unspecified atom stereocenters. The molecule has 0 radical (unpaired) electrons. The normalized spacial score (nSPS) is 12.2. The topological polar surface area (TPSA) is 18.5 Å². The standard InChI is InChI=1S/C68H126O2Si2/c1-67(2,3)71(7,8)69-62-55-51-47-43-39-35-31-27-23-19-15-11-13-17-21-25-29-33-37-41-45-49-53-58-65-60-57-61-66(64-65)59-54-50-46-42-38-34-30-26-22-18-14-12-16-20-24-28-32-36-40-44-48-52-56-63-70-72(9,10)68(4,5)6/h57,60-61,64H,11-52,55-56,62-63H2,1-10H3. The maximum Gasteiger partial charge on any atom is 0.191 e. The Balaban J connectivity index is 1.83. The first kappa shape index (κ1) is 68.7. The zero-order valence-corrected chi connectivity index (χ0v) is 52.7. The molecule has 0 spiro atoms. The van der Waals surface area contributed by atoms with Gasteiger partial charge < -0.3 is 8.85 Å². The number of unbranched alkanes of at least 4 members (excludes halogenated alkanes) is 42. The predicted molar refractivity (Wildman–Crippen MR) is 330 cm³/mol. The van der Waals surface area contributed by atoms with Crippen LogP contribution in [0.5, 0.6) is 0 Å². The van der Waals surface area contributed by atoms with E-state index in [4.69, 9.17) is 8.85 Å². The number of rotatable bonds is 48. The molecule has 72 heavy (non-hydrogen) atoms. The Kier molecular flexibility index (Phi) is 43.8. The molecule has 2 nitrogen and oxygen atoms in total. The fourth-order valence-corrected chi connectivity index (χ4v) is 11.6. The van der Waals surface area contributed by atoms with Crippen LogP contribution in [0.2, 0.25) is 36.3 Å². The smallest absolute Gasteiger partial charge is 0.191 e. The van der Waals surface area contributed by atoms with Gasteiger partial charge in [0.15, 0.2) is 16.6 Å². The van der Waals surface area contributed by atoms with Crippen LogP contribution in [0.4, 0.5) is 0 Å². The SMILES string of the molecule is CC(C)(C)[Si](C)(C)OCCCCCCCCCCCCCCCCCCCCCCCC#Cc1cccc(C#CCCCCCCCCCCCCCCCCCCCCCCCO[Si](C)(C)C(C)(C)C)c1. The Morgan fingerprint density at radius 1 is 0.306 bits per heavy atom. The van der Waals surface area contributed by atoms with E-state index in [-0.39, 0.29) is 0 Å². The van der Waals surface area contributed by atoms with E-state index in [1.807, 2.05) is 0 Å². The largest absolute Gasteiger partial charge is 0.417 e. The molecule has 0 atom stereocenters. The van der Waals surface area contributed by atoms with Gasteiger partial charge in [-0.15, -0.1) is 0 Å². The van der Waals surface area contributed by atoms with Crippen molar-refractivity contribution < 1.29 is 8.85 Å². The van der Waals surface area contributed by atoms with Crippen molar-refractivity contribution >= 4 is 16.6 Å². The summed E-state index contributed by atoms with van der Waals surface area (Å²) in [5.41, 5.74) is 2.23. The Labute approximate surface area is 455 Å². The summed E-state index contributed by atoms with van der Waals surface area (Å²) in [6.07, 6.45) is 61.1. The summed E-state index contributed by atoms with van der Waals surface area (Å²) in [4.78, 5) is 0. The molecule has 0 fully saturated rings. The van der Waals surface area contributed by atoms with Crippen LogP contribution in [0.15, 0.2) is 24.3 Å². The highest BCUT2D eigenvalue weighted by atomic mass is 28.4. The first-order chi connectivity index (χ1) is 34.7. The summed E-state index contributed by atoms with van der Waals surface area (Å²) in [7, 11) is -3.10. The number of hydrogen-bond donors (Lipinski definition) is 0. The van der Waals surface area contributed by atoms with Crippen LogP contribution in [0.25, 0.3) is 0 Å². The van der Waals surface area contributed by atoms with Crippen molar-refractivity contribution in [3.8, 4) is 23.7 Å². The van der Waals surface area contributed by atoms with E-state index in [2.05, 4.69) is 116 Å². The Morgan fingerprint density at radius 3 is 0.708 bits per heavy atom. The average Bonchev–Trinajstić information content (AvgIpc) is 3.33. The summed E-state index contributed by atoms with van der Waals surface area (Å²) < 4.78 is 12.6. The molecule has 0 bridgehead atoms. The minimum atomic E-state index is -1.55. The van der Waals surface area contributed by atoms with Gasteiger partial charge in [0.2, 0.25) is 0 Å². The highest BCUT2D eigenvalue weighted by Gasteiger charge is 2.37. The molecule has 0 aliphatic heterocycles. The minimum absolute atomic E-state index is 0.334. The molecular formula is C68H126O2Si2. The highest BCUT2D eigenvalue weighted by molar-refractivity contribution is 6.74. The number of hydrogen-bond acceptors (Lipinski definition) is 2. The molecule has 1 aromatic rings. The van der Waals surface area contributed by atoms with Crippen molar-refractivity contribution in [2.24, 2.45) is 0 Å². The van der Waals surface area contributed by atoms with Crippen molar-refractivity contribution in [3.63, 3.8) is 0 Å². The molecular weight excluding hydrogens is 905 g/mol. The summed E-state index contributed by atoms with van der Waals surface area (Å²) in [6.45, 7) is 25.4. The van der Waals surface area contributed by atoms with Crippen molar-refractivity contribution in [2.75, 3.05) is 13.2 Å². The fraction of sp³-hybridized carbons (Fsp3) is 0.853. The molecule has 0 N–H and O–H groups in total. The van der Waals surface area contributed by atoms with Crippen LogP contribution in [0, 0.1) is 23.7 Å². The van der Waals surface area contributed by atoms with Gasteiger partial charge in [-0.05, 0) is 80.1 Å². The minimum Gasteiger partial charge on any atom is -0.417 e. The molecule has 0 saturated heterocycles. The van der Waals surface area contributed by atoms with Crippen molar-refractivity contribution in [2.45, 2.75) is 360 Å². The van der Waals surface area contributed by atoms with Crippen LogP contribution in [-0.4, -0.2) is 29.8 Å². The average molecular weight is 1030 g/mol. The Hall–Kier alpha value is -1.31. The van der Waals surface area contributed by atoms with E-state index in [0.29, 0.717) is 10.1 Å². The lowest BCUT2D eigenvalue weighted by Crippen LogP contribution is -2.40. The van der Waals surface area contributed by atoms with E-state index < -0.39 is 16.6 Å². The van der Waals surface area contributed by atoms with E-state index in [9.17, 15) is 0 Å². The van der Waals surface area contributed by atoms with Crippen molar-refractivity contribution in [3.05, 3.63) is 35.4 Å². The summed E-state index contributed by atoms with van der Waals surface area (Å²) in [5.74, 6) is 13.7. The molecule has 0 aromatic heterocycles. The maximum atomic E-state index is 6.32. The zero-order chi connectivity index (χ0) is 52.8. The monoisotopic (exact) mass is 1030 g/mol. The molecule has 0 aliphatic rings. The molecule has 4 heteroatoms. The Bertz CT molecular complexity index is 1370. The van der Waals surface area contributed by atoms with Crippen LogP contribution >= 0.6 is 0 Å². The highest BCUT2D eigenvalue weighted by Crippen LogP contribution is 2.37. The third-order valence-corrected chi connectivity index (χ3v) is 25.8. The lowest BCUT2D eigenvalue weighted by atomic mass is 10.0. The summed E-state index contributed by atoms with van der Waals surface area (Å²) >= 11 is 0. The summed E-state index contributed by atoms with van der Waals surface area (Å²) in [6, 6.07) is 8.57. The lowest BCUT2D eigenvalue weighted by Gasteiger charge is -2.36. The van der Waals surface area contributed by atoms with Crippen molar-refractivity contribution in [1.82, 2.24) is 0 Å². The fourth-order valence-electron chi connectivity index (χ4n) is 9.44. The second kappa shape index (κ2) is 45.8. The maximum absolute atomic E-state index is 6.32. The molecule has 418 valence electrons. The van der Waals surface area contributed by atoms with Gasteiger partial charge in [-0.3, -0.25) is 0 Å². The van der Waals surface area contributed by atoms with Gasteiger partial charge in [0.05, 0.1) is 0 Å². The van der Waals surface area contributed by atoms with Crippen molar-refractivity contribution in [1.29, 1.82) is 0 Å². The van der Waals surface area contributed by atoms with Gasteiger partial charge >= 0.3 is 0 Å². The van der Waals surface area contributed by atoms with Gasteiger partial charge in [-0.2, -0.15) is 0 Å². The quantitative estimate of drug-likeness (QED) is 0.0368. The van der Waals surface area contributed by atoms with E-state index >= 15 is 0 Å². The van der Waals surface area contributed by atoms with Gasteiger partial charge in [0, 0.05) is 37.2 Å². The van der Waals surface area contributed by atoms with Gasteiger partial charge in [0.25, 0.3) is 0 Å². The van der Waals surface area contributed by atoms with Gasteiger partial charge in [0.1, 0.15) is 0 Å². The van der Waals surface area contributed by atoms with Gasteiger partial charge in [-0.1, -0.05) is 315 Å². The third kappa shape index (κ3) is 41.9. The Morgan fingerprint density at radius 2 is 0.500 bits per heavy atom. The molecule has 0 saturated carbocycles. The summed E-state index contributed by atoms with van der Waals surface area (Å²) in [5, 5.41) is 0.668. The molecule has 1 rings (SSSR count). The van der Waals surface area contributed by atoms with E-state index in [1.165, 1.54) is 270 Å². The second-order valence-corrected chi connectivity index (χ2v) is 35.4. The third-order valence-electron chi connectivity index (χ3n) is 16.8. The lowest BCUT2D eigenvalue weighted by molar-refractivity contribution is 0.277. The second-order valence-electron chi connectivity index (χ2n) is 25.8. The number of benzene rings is 1. The zero-order valence-electron chi connectivity index (χ0n) is 50.7. The van der Waals surface area contributed by atoms with E-state index in [0.717, 1.165) is 37.2 Å². The van der Waals surface area contributed by atoms with Crippen LogP contribution < -0.4 is 0 Å². The molecule has 1 aromatic carbocycles. The molecule has 0 heterocycles. The first-order valence-electron chi connectivity index (χ1n) is 32.0. The molecule has 0 amide bonds. The molecule has 0 aliphatic carbocycles. The first-order valence-corrected chi connectivity index (χ1v) is 37.8. The van der Waals surface area contributed by atoms with Crippen LogP contribution in [0.3, 0.4) is 0 Å². The van der Waals surface area contributed by atoms with E-state index in [1.54, 1.807) is 0 Å². The van der Waals surface area contributed by atoms with Crippen LogP contribution in [0.1, 0.15) is 335 Å². The van der Waals surface area contributed by atoms with Crippen LogP contribution in [-0.2, 0) is 8.85 Å². The van der Waals surface area contributed by atoms with Gasteiger partial charge in [-0.25, -0.2) is 0 Å².